The summed E-state index contributed by atoms with van der Waals surface area (Å²) in [7, 11) is 3.45. The molecule has 5 heteroatoms. The summed E-state index contributed by atoms with van der Waals surface area (Å²) in [5.41, 5.74) is 2.88. The number of hydrogen-bond donors (Lipinski definition) is 3. The monoisotopic (exact) mass is 322 g/mol. The molecule has 0 bridgehead atoms. The van der Waals surface area contributed by atoms with Crippen molar-refractivity contribution >= 4 is 0 Å². The number of benzene rings is 1. The largest absolute Gasteiger partial charge is 0.493 e. The Morgan fingerprint density at radius 1 is 1.09 bits per heavy atom. The van der Waals surface area contributed by atoms with Gasteiger partial charge in [0.05, 0.1) is 20.8 Å². The van der Waals surface area contributed by atoms with E-state index in [1.807, 2.05) is 0 Å². The topological polar surface area (TPSA) is 44.0 Å². The zero-order chi connectivity index (χ0) is 16.2. The highest BCUT2D eigenvalue weighted by molar-refractivity contribution is 5.48. The number of fused-ring (bicyclic) bond motifs is 1. The molecule has 2 aliphatic heterocycles. The Morgan fingerprint density at radius 2 is 1.78 bits per heavy atom. The van der Waals surface area contributed by atoms with E-state index in [1.165, 1.54) is 56.8 Å². The number of quaternary nitrogens is 3. The fourth-order valence-corrected chi connectivity index (χ4v) is 4.23. The first-order valence-electron chi connectivity index (χ1n) is 9.01. The maximum atomic E-state index is 5.54. The predicted molar refractivity (Wildman–Crippen MR) is 89.3 cm³/mol. The van der Waals surface area contributed by atoms with Gasteiger partial charge in [-0.15, -0.1) is 0 Å². The molecule has 23 heavy (non-hydrogen) atoms. The Hall–Kier alpha value is -1.30. The fourth-order valence-electron chi connectivity index (χ4n) is 4.23. The van der Waals surface area contributed by atoms with Crippen molar-refractivity contribution in [3.8, 4) is 11.5 Å². The van der Waals surface area contributed by atoms with Crippen molar-refractivity contribution in [2.24, 2.45) is 0 Å². The van der Waals surface area contributed by atoms with Gasteiger partial charge in [-0.2, -0.15) is 0 Å². The van der Waals surface area contributed by atoms with Crippen molar-refractivity contribution in [1.82, 2.24) is 0 Å². The molecule has 0 spiro atoms. The van der Waals surface area contributed by atoms with Crippen LogP contribution >= 0.6 is 0 Å². The highest BCUT2D eigenvalue weighted by Crippen LogP contribution is 2.33. The predicted octanol–water partition coefficient (Wildman–Crippen LogP) is -1.98. The summed E-state index contributed by atoms with van der Waals surface area (Å²) in [6.45, 7) is 11.0. The van der Waals surface area contributed by atoms with E-state index in [9.17, 15) is 0 Å². The van der Waals surface area contributed by atoms with Crippen LogP contribution in [-0.4, -0.2) is 53.5 Å². The third kappa shape index (κ3) is 3.47. The first-order valence-corrected chi connectivity index (χ1v) is 9.01. The minimum atomic E-state index is 0.585. The van der Waals surface area contributed by atoms with E-state index >= 15 is 0 Å². The molecule has 1 atom stereocenters. The fraction of sp³-hybridized carbons (Fsp3) is 0.667. The molecule has 1 saturated heterocycles. The summed E-state index contributed by atoms with van der Waals surface area (Å²) in [6.07, 6.45) is 1.29. The lowest BCUT2D eigenvalue weighted by atomic mass is 9.94. The van der Waals surface area contributed by atoms with Crippen LogP contribution in [0.1, 0.15) is 30.5 Å². The maximum Gasteiger partial charge on any atom is 0.164 e. The van der Waals surface area contributed by atoms with Gasteiger partial charge in [0.2, 0.25) is 0 Å². The second-order valence-electron chi connectivity index (χ2n) is 6.85. The lowest BCUT2D eigenvalue weighted by molar-refractivity contribution is -1.03. The summed E-state index contributed by atoms with van der Waals surface area (Å²) in [4.78, 5) is 3.53. The summed E-state index contributed by atoms with van der Waals surface area (Å²) < 4.78 is 11.0. The molecule has 0 amide bonds. The molecule has 128 valence electrons. The number of nitrogens with two attached hydrogens (primary N) is 1. The Bertz CT molecular complexity index is 527. The Morgan fingerprint density at radius 3 is 2.43 bits per heavy atom. The summed E-state index contributed by atoms with van der Waals surface area (Å²) in [5, 5.41) is 2.44. The number of nitrogens with one attached hydrogen (secondary N) is 2. The number of methoxy groups -OCH3 is 2. The minimum absolute atomic E-state index is 0.585. The van der Waals surface area contributed by atoms with E-state index in [0.717, 1.165) is 18.0 Å². The van der Waals surface area contributed by atoms with Crippen LogP contribution in [0.2, 0.25) is 0 Å². The summed E-state index contributed by atoms with van der Waals surface area (Å²) in [5.74, 6) is 1.72. The van der Waals surface area contributed by atoms with Gasteiger partial charge in [-0.3, -0.25) is 0 Å². The van der Waals surface area contributed by atoms with Crippen LogP contribution in [0.15, 0.2) is 12.1 Å². The van der Waals surface area contributed by atoms with Gasteiger partial charge >= 0.3 is 0 Å². The van der Waals surface area contributed by atoms with E-state index in [4.69, 9.17) is 9.47 Å². The number of rotatable bonds is 5. The van der Waals surface area contributed by atoms with Crippen molar-refractivity contribution in [3.05, 3.63) is 23.3 Å². The molecule has 1 aromatic rings. The molecule has 2 heterocycles. The molecule has 0 saturated carbocycles. The van der Waals surface area contributed by atoms with Crippen molar-refractivity contribution in [1.29, 1.82) is 0 Å². The van der Waals surface area contributed by atoms with E-state index in [-0.39, 0.29) is 0 Å². The van der Waals surface area contributed by atoms with E-state index in [2.05, 4.69) is 24.4 Å². The highest BCUT2D eigenvalue weighted by atomic mass is 16.5. The smallest absolute Gasteiger partial charge is 0.164 e. The number of hydrogen-bond acceptors (Lipinski definition) is 2. The van der Waals surface area contributed by atoms with Gasteiger partial charge in [0.15, 0.2) is 17.5 Å². The van der Waals surface area contributed by atoms with Crippen LogP contribution in [0.3, 0.4) is 0 Å². The summed E-state index contributed by atoms with van der Waals surface area (Å²) in [6, 6.07) is 4.99. The molecule has 0 radical (unpaired) electrons. The van der Waals surface area contributed by atoms with Crippen LogP contribution in [0, 0.1) is 0 Å². The van der Waals surface area contributed by atoms with Gasteiger partial charge in [-0.25, -0.2) is 0 Å². The average Bonchev–Trinajstić information content (AvgIpc) is 2.61. The molecule has 0 aliphatic carbocycles. The standard InChI is InChI=1S/C18H29N3O2/c1-4-5-20-6-8-21(9-7-20)16-13-19-12-14-10-17(22-2)18(23-3)11-15(14)16/h10-11,16,19H,4-9,12-13H2,1-3H3/p+3/t16-/m0/s1. The van der Waals surface area contributed by atoms with Gasteiger partial charge in [-0.1, -0.05) is 6.92 Å². The number of piperazine rings is 1. The normalized spacial score (nSPS) is 27.3. The first kappa shape index (κ1) is 16.6. The molecule has 5 nitrogen and oxygen atoms in total. The van der Waals surface area contributed by atoms with Crippen LogP contribution in [0.25, 0.3) is 0 Å². The molecule has 2 aliphatic rings. The van der Waals surface area contributed by atoms with Gasteiger partial charge in [-0.05, 0) is 18.6 Å². The second-order valence-corrected chi connectivity index (χ2v) is 6.85. The van der Waals surface area contributed by atoms with Crippen molar-refractivity contribution in [3.63, 3.8) is 0 Å². The van der Waals surface area contributed by atoms with Crippen LogP contribution in [-0.2, 0) is 6.54 Å². The summed E-state index contributed by atoms with van der Waals surface area (Å²) >= 11 is 0. The maximum absolute atomic E-state index is 5.54. The molecule has 0 aromatic heterocycles. The van der Waals surface area contributed by atoms with Crippen molar-refractivity contribution < 1.29 is 24.6 Å². The molecular formula is C18H32N3O2+3. The zero-order valence-electron chi connectivity index (χ0n) is 14.8. The van der Waals surface area contributed by atoms with Crippen LogP contribution < -0.4 is 24.6 Å². The molecule has 4 N–H and O–H groups in total. The third-order valence-electron chi connectivity index (χ3n) is 5.48. The Labute approximate surface area is 139 Å². The van der Waals surface area contributed by atoms with Gasteiger partial charge in [0.1, 0.15) is 39.3 Å². The van der Waals surface area contributed by atoms with E-state index in [1.54, 1.807) is 24.0 Å². The third-order valence-corrected chi connectivity index (χ3v) is 5.48. The molecule has 3 rings (SSSR count). The van der Waals surface area contributed by atoms with Gasteiger partial charge in [0, 0.05) is 11.1 Å². The molecular weight excluding hydrogens is 290 g/mol. The van der Waals surface area contributed by atoms with Gasteiger partial charge < -0.3 is 24.6 Å². The molecule has 0 unspecified atom stereocenters. The quantitative estimate of drug-likeness (QED) is 0.588. The van der Waals surface area contributed by atoms with Crippen LogP contribution in [0.4, 0.5) is 0 Å². The van der Waals surface area contributed by atoms with Crippen molar-refractivity contribution in [2.75, 3.05) is 53.5 Å². The minimum Gasteiger partial charge on any atom is -0.493 e. The highest BCUT2D eigenvalue weighted by Gasteiger charge is 2.36. The lowest BCUT2D eigenvalue weighted by Gasteiger charge is -2.36. The van der Waals surface area contributed by atoms with Crippen LogP contribution in [0.5, 0.6) is 11.5 Å². The lowest BCUT2D eigenvalue weighted by Crippen LogP contribution is -3.29. The van der Waals surface area contributed by atoms with Gasteiger partial charge in [0.25, 0.3) is 0 Å². The Balaban J connectivity index is 1.79. The van der Waals surface area contributed by atoms with Crippen molar-refractivity contribution in [2.45, 2.75) is 25.9 Å². The Kier molecular flexibility index (Phi) is 5.41. The molecule has 1 fully saturated rings. The zero-order valence-corrected chi connectivity index (χ0v) is 14.8. The average molecular weight is 322 g/mol. The number of ether oxygens (including phenoxy) is 2. The van der Waals surface area contributed by atoms with E-state index < -0.39 is 0 Å². The first-order chi connectivity index (χ1) is 11.3. The second kappa shape index (κ2) is 7.51. The molecule has 1 aromatic carbocycles. The van der Waals surface area contributed by atoms with E-state index in [0.29, 0.717) is 6.04 Å². The SMILES string of the molecule is CCC[NH+]1CC[NH+]([C@H]2C[NH2+]Cc3cc(OC)c(OC)cc32)CC1.